The van der Waals surface area contributed by atoms with Gasteiger partial charge >= 0.3 is 5.97 Å². The molecule has 0 radical (unpaired) electrons. The number of rotatable bonds is 9. The molecule has 180 valence electrons. The van der Waals surface area contributed by atoms with Crippen molar-refractivity contribution in [2.75, 3.05) is 24.2 Å². The van der Waals surface area contributed by atoms with Crippen LogP contribution in [0.25, 0.3) is 11.3 Å². The van der Waals surface area contributed by atoms with Crippen LogP contribution in [0.5, 0.6) is 0 Å². The van der Waals surface area contributed by atoms with E-state index >= 15 is 0 Å². The van der Waals surface area contributed by atoms with Crippen LogP contribution in [0.1, 0.15) is 35.6 Å². The smallest absolute Gasteiger partial charge is 0.303 e. The minimum Gasteiger partial charge on any atom is -0.481 e. The Hall–Kier alpha value is -3.61. The van der Waals surface area contributed by atoms with E-state index in [1.165, 1.54) is 5.56 Å². The van der Waals surface area contributed by atoms with Gasteiger partial charge in [-0.1, -0.05) is 54.9 Å². The van der Waals surface area contributed by atoms with E-state index in [0.717, 1.165) is 35.5 Å². The van der Waals surface area contributed by atoms with Gasteiger partial charge in [0.2, 0.25) is 0 Å². The van der Waals surface area contributed by atoms with Crippen molar-refractivity contribution in [1.82, 2.24) is 4.90 Å². The third kappa shape index (κ3) is 5.91. The average molecular weight is 490 g/mol. The summed E-state index contributed by atoms with van der Waals surface area (Å²) >= 11 is 6.15. The van der Waals surface area contributed by atoms with Crippen LogP contribution in [0.15, 0.2) is 66.7 Å². The van der Waals surface area contributed by atoms with Gasteiger partial charge in [0.05, 0.1) is 17.0 Å². The largest absolute Gasteiger partial charge is 0.481 e. The SMILES string of the molecule is CCN(C)Cc1ccc(N/C(=C2\C(=O)Nc3cc(Cl)ccc32)c2cccc(CCC(=O)O)c2)cc1. The molecule has 1 aliphatic rings. The monoisotopic (exact) mass is 489 g/mol. The molecule has 1 amide bonds. The molecule has 3 aromatic carbocycles. The lowest BCUT2D eigenvalue weighted by Gasteiger charge is -2.17. The first-order valence-corrected chi connectivity index (χ1v) is 11.9. The summed E-state index contributed by atoms with van der Waals surface area (Å²) in [6.07, 6.45) is 0.447. The quantitative estimate of drug-likeness (QED) is 0.334. The molecule has 3 N–H and O–H groups in total. The summed E-state index contributed by atoms with van der Waals surface area (Å²) in [6, 6.07) is 21.1. The minimum atomic E-state index is -0.845. The number of carboxylic acids is 1. The van der Waals surface area contributed by atoms with Crippen molar-refractivity contribution >= 4 is 46.1 Å². The zero-order valence-electron chi connectivity index (χ0n) is 19.8. The minimum absolute atomic E-state index is 0.0400. The predicted molar refractivity (Wildman–Crippen MR) is 141 cm³/mol. The molecular formula is C28H28ClN3O3. The number of nitrogens with one attached hydrogen (secondary N) is 2. The van der Waals surface area contributed by atoms with E-state index in [4.69, 9.17) is 16.7 Å². The maximum atomic E-state index is 13.1. The van der Waals surface area contributed by atoms with Crippen molar-refractivity contribution in [2.24, 2.45) is 0 Å². The fourth-order valence-corrected chi connectivity index (χ4v) is 4.24. The van der Waals surface area contributed by atoms with Crippen LogP contribution >= 0.6 is 11.6 Å². The van der Waals surface area contributed by atoms with Gasteiger partial charge in [0.15, 0.2) is 0 Å². The number of anilines is 2. The number of nitrogens with zero attached hydrogens (tertiary/aromatic N) is 1. The summed E-state index contributed by atoms with van der Waals surface area (Å²) in [7, 11) is 2.08. The second kappa shape index (κ2) is 10.8. The first-order chi connectivity index (χ1) is 16.8. The number of aryl methyl sites for hydroxylation is 1. The Labute approximate surface area is 210 Å². The summed E-state index contributed by atoms with van der Waals surface area (Å²) in [6.45, 7) is 3.94. The molecule has 7 heteroatoms. The Balaban J connectivity index is 1.76. The van der Waals surface area contributed by atoms with Crippen LogP contribution in [0, 0.1) is 0 Å². The second-order valence-electron chi connectivity index (χ2n) is 8.64. The van der Waals surface area contributed by atoms with Crippen LogP contribution in [0.4, 0.5) is 11.4 Å². The normalized spacial score (nSPS) is 14.0. The van der Waals surface area contributed by atoms with Gasteiger partial charge in [-0.3, -0.25) is 9.59 Å². The molecule has 0 aromatic heterocycles. The van der Waals surface area contributed by atoms with Crippen LogP contribution in [0.3, 0.4) is 0 Å². The summed E-state index contributed by atoms with van der Waals surface area (Å²) in [4.78, 5) is 26.4. The molecule has 0 saturated heterocycles. The Kier molecular flexibility index (Phi) is 7.54. The number of carbonyl (C=O) groups is 2. The molecule has 0 saturated carbocycles. The van der Waals surface area contributed by atoms with Gasteiger partial charge in [-0.05, 0) is 67.0 Å². The number of hydrogen-bond donors (Lipinski definition) is 3. The zero-order chi connectivity index (χ0) is 24.9. The molecule has 0 atom stereocenters. The molecule has 6 nitrogen and oxygen atoms in total. The van der Waals surface area contributed by atoms with Gasteiger partial charge in [-0.15, -0.1) is 0 Å². The highest BCUT2D eigenvalue weighted by Gasteiger charge is 2.28. The van der Waals surface area contributed by atoms with E-state index in [9.17, 15) is 9.59 Å². The predicted octanol–water partition coefficient (Wildman–Crippen LogP) is 5.74. The highest BCUT2D eigenvalue weighted by molar-refractivity contribution is 6.38. The second-order valence-corrected chi connectivity index (χ2v) is 9.08. The first-order valence-electron chi connectivity index (χ1n) is 11.5. The van der Waals surface area contributed by atoms with Crippen molar-refractivity contribution in [3.05, 3.63) is 94.0 Å². The fraction of sp³-hybridized carbons (Fsp3) is 0.214. The number of aliphatic carboxylic acids is 1. The van der Waals surface area contributed by atoms with Crippen molar-refractivity contribution in [3.8, 4) is 0 Å². The van der Waals surface area contributed by atoms with Gasteiger partial charge in [-0.25, -0.2) is 0 Å². The zero-order valence-corrected chi connectivity index (χ0v) is 20.5. The average Bonchev–Trinajstić information content (AvgIpc) is 3.16. The lowest BCUT2D eigenvalue weighted by atomic mass is 9.97. The molecule has 0 fully saturated rings. The van der Waals surface area contributed by atoms with Gasteiger partial charge in [-0.2, -0.15) is 0 Å². The number of fused-ring (bicyclic) bond motifs is 1. The first kappa shape index (κ1) is 24.5. The van der Waals surface area contributed by atoms with Crippen LogP contribution in [-0.2, 0) is 22.6 Å². The number of carboxylic acid groups (broad SMARTS) is 1. The summed E-state index contributed by atoms with van der Waals surface area (Å²) in [5.41, 5.74) is 6.33. The molecule has 0 spiro atoms. The molecule has 0 bridgehead atoms. The van der Waals surface area contributed by atoms with Gasteiger partial charge in [0.1, 0.15) is 0 Å². The molecule has 3 aromatic rings. The van der Waals surface area contributed by atoms with E-state index in [-0.39, 0.29) is 12.3 Å². The third-order valence-electron chi connectivity index (χ3n) is 6.04. The van der Waals surface area contributed by atoms with E-state index in [1.54, 1.807) is 12.1 Å². The number of carbonyl (C=O) groups excluding carboxylic acids is 1. The number of amides is 1. The van der Waals surface area contributed by atoms with E-state index in [0.29, 0.717) is 28.4 Å². The Morgan fingerprint density at radius 3 is 2.54 bits per heavy atom. The maximum Gasteiger partial charge on any atom is 0.303 e. The van der Waals surface area contributed by atoms with Gasteiger partial charge in [0, 0.05) is 29.2 Å². The van der Waals surface area contributed by atoms with Crippen molar-refractivity contribution < 1.29 is 14.7 Å². The van der Waals surface area contributed by atoms with Gasteiger partial charge in [0.25, 0.3) is 5.91 Å². The topological polar surface area (TPSA) is 81.7 Å². The third-order valence-corrected chi connectivity index (χ3v) is 6.27. The molecular weight excluding hydrogens is 462 g/mol. The summed E-state index contributed by atoms with van der Waals surface area (Å²) < 4.78 is 0. The number of benzene rings is 3. The molecule has 1 aliphatic heterocycles. The van der Waals surface area contributed by atoms with E-state index in [1.807, 2.05) is 42.5 Å². The Morgan fingerprint density at radius 1 is 1.06 bits per heavy atom. The van der Waals surface area contributed by atoms with Crippen LogP contribution in [0.2, 0.25) is 5.02 Å². The lowest BCUT2D eigenvalue weighted by molar-refractivity contribution is -0.137. The van der Waals surface area contributed by atoms with Crippen molar-refractivity contribution in [1.29, 1.82) is 0 Å². The number of halogens is 1. The van der Waals surface area contributed by atoms with Crippen molar-refractivity contribution in [3.63, 3.8) is 0 Å². The molecule has 0 unspecified atom stereocenters. The maximum absolute atomic E-state index is 13.1. The number of hydrogen-bond acceptors (Lipinski definition) is 4. The van der Waals surface area contributed by atoms with E-state index in [2.05, 4.69) is 41.6 Å². The van der Waals surface area contributed by atoms with Gasteiger partial charge < -0.3 is 20.6 Å². The highest BCUT2D eigenvalue weighted by Crippen LogP contribution is 2.39. The Morgan fingerprint density at radius 2 is 1.83 bits per heavy atom. The lowest BCUT2D eigenvalue weighted by Crippen LogP contribution is -2.16. The molecule has 4 rings (SSSR count). The summed E-state index contributed by atoms with van der Waals surface area (Å²) in [5, 5.41) is 16.0. The van der Waals surface area contributed by atoms with Crippen molar-refractivity contribution in [2.45, 2.75) is 26.3 Å². The molecule has 0 aliphatic carbocycles. The molecule has 1 heterocycles. The van der Waals surface area contributed by atoms with Crippen LogP contribution < -0.4 is 10.6 Å². The van der Waals surface area contributed by atoms with Crippen LogP contribution in [-0.4, -0.2) is 35.5 Å². The standard InChI is InChI=1S/C28H28ClN3O3/c1-3-32(2)17-19-7-11-22(12-8-19)30-27(20-6-4-5-18(15-20)9-14-25(33)34)26-23-13-10-21(29)16-24(23)31-28(26)35/h4-8,10-13,15-16,30H,3,9,14,17H2,1-2H3,(H,31,35)(H,33,34)/b27-26-. The fourth-order valence-electron chi connectivity index (χ4n) is 4.07. The molecule has 35 heavy (non-hydrogen) atoms. The Bertz CT molecular complexity index is 1280. The highest BCUT2D eigenvalue weighted by atomic mass is 35.5. The summed E-state index contributed by atoms with van der Waals surface area (Å²) in [5.74, 6) is -1.07. The van der Waals surface area contributed by atoms with E-state index < -0.39 is 5.97 Å².